The number of rotatable bonds is 2. The van der Waals surface area contributed by atoms with Gasteiger partial charge in [-0.05, 0) is 26.7 Å². The molecule has 0 aliphatic carbocycles. The molecule has 1 rings (SSSR count). The van der Waals surface area contributed by atoms with Crippen molar-refractivity contribution in [1.82, 2.24) is 4.90 Å². The molecule has 0 aromatic rings. The molecule has 1 fully saturated rings. The van der Waals surface area contributed by atoms with E-state index in [9.17, 15) is 9.59 Å². The van der Waals surface area contributed by atoms with E-state index in [1.165, 1.54) is 0 Å². The fraction of sp³-hybridized carbons (Fsp3) is 0.714. The van der Waals surface area contributed by atoms with E-state index in [4.69, 9.17) is 11.2 Å². The van der Waals surface area contributed by atoms with E-state index in [1.807, 2.05) is 27.7 Å². The summed E-state index contributed by atoms with van der Waals surface area (Å²) >= 11 is 0. The molecule has 2 unspecified atom stereocenters. The summed E-state index contributed by atoms with van der Waals surface area (Å²) in [6, 6.07) is 0. The number of nitrogens with zero attached hydrogens (tertiary/aromatic N) is 1. The number of hydrogen-bond donors (Lipinski definition) is 0. The van der Waals surface area contributed by atoms with Gasteiger partial charge < -0.3 is 9.64 Å². The van der Waals surface area contributed by atoms with Crippen molar-refractivity contribution in [1.29, 1.82) is 0 Å². The number of hydrogen-bond acceptors (Lipinski definition) is 3. The van der Waals surface area contributed by atoms with Gasteiger partial charge in [0.1, 0.15) is 11.4 Å². The second-order valence-electron chi connectivity index (χ2n) is 5.82. The largest absolute Gasteiger partial charge is 0.444 e. The van der Waals surface area contributed by atoms with Crippen LogP contribution in [0.15, 0.2) is 0 Å². The van der Waals surface area contributed by atoms with E-state index in [0.29, 0.717) is 13.1 Å². The average Bonchev–Trinajstić information content (AvgIpc) is 2.58. The second kappa shape index (κ2) is 5.43. The Hall–Kier alpha value is -1.50. The molecular formula is C14H21NO3. The second-order valence-corrected chi connectivity index (χ2v) is 5.82. The number of ether oxygens (including phenoxy) is 1. The Bertz CT molecular complexity index is 375. The molecule has 0 aromatic heterocycles. The molecule has 1 amide bonds. The number of Topliss-reactive ketones (excluding diaryl/α,β-unsaturated/α-hetero) is 1. The first-order valence-electron chi connectivity index (χ1n) is 6.18. The van der Waals surface area contributed by atoms with Crippen LogP contribution in [0.2, 0.25) is 0 Å². The molecule has 2 atom stereocenters. The average molecular weight is 251 g/mol. The zero-order valence-corrected chi connectivity index (χ0v) is 11.5. The van der Waals surface area contributed by atoms with Crippen LogP contribution in [0.1, 0.15) is 34.1 Å². The number of ketones is 1. The minimum absolute atomic E-state index is 0.0380. The molecule has 1 saturated heterocycles. The quantitative estimate of drug-likeness (QED) is 0.706. The smallest absolute Gasteiger partial charge is 0.410 e. The third-order valence-electron chi connectivity index (χ3n) is 2.95. The summed E-state index contributed by atoms with van der Waals surface area (Å²) in [5.74, 6) is 2.38. The number of carbonyl (C=O) groups excluding carboxylic acids is 2. The van der Waals surface area contributed by atoms with Gasteiger partial charge >= 0.3 is 6.09 Å². The molecule has 1 aliphatic heterocycles. The predicted molar refractivity (Wildman–Crippen MR) is 68.9 cm³/mol. The highest BCUT2D eigenvalue weighted by molar-refractivity contribution is 5.84. The summed E-state index contributed by atoms with van der Waals surface area (Å²) in [6.07, 6.45) is 4.92. The summed E-state index contributed by atoms with van der Waals surface area (Å²) in [7, 11) is 0. The van der Waals surface area contributed by atoms with Crippen molar-refractivity contribution in [3.63, 3.8) is 0 Å². The summed E-state index contributed by atoms with van der Waals surface area (Å²) in [5, 5.41) is 0. The maximum absolute atomic E-state index is 11.9. The van der Waals surface area contributed by atoms with Crippen molar-refractivity contribution in [3.8, 4) is 12.3 Å². The Morgan fingerprint density at radius 2 is 2.00 bits per heavy atom. The predicted octanol–water partition coefficient (Wildman–Crippen LogP) is 2.08. The van der Waals surface area contributed by atoms with Gasteiger partial charge in [-0.2, -0.15) is 0 Å². The first-order valence-corrected chi connectivity index (χ1v) is 6.18. The van der Waals surface area contributed by atoms with Gasteiger partial charge in [0.2, 0.25) is 0 Å². The van der Waals surface area contributed by atoms with Gasteiger partial charge in [0.05, 0.1) is 6.42 Å². The zero-order chi connectivity index (χ0) is 13.9. The molecule has 1 aliphatic rings. The van der Waals surface area contributed by atoms with E-state index in [-0.39, 0.29) is 30.1 Å². The van der Waals surface area contributed by atoms with Crippen LogP contribution in [0.4, 0.5) is 4.79 Å². The van der Waals surface area contributed by atoms with Crippen LogP contribution in [0.3, 0.4) is 0 Å². The van der Waals surface area contributed by atoms with Crippen LogP contribution in [-0.2, 0) is 9.53 Å². The molecule has 1 heterocycles. The molecule has 100 valence electrons. The fourth-order valence-corrected chi connectivity index (χ4v) is 2.09. The summed E-state index contributed by atoms with van der Waals surface area (Å²) in [4.78, 5) is 25.3. The van der Waals surface area contributed by atoms with Crippen molar-refractivity contribution < 1.29 is 14.3 Å². The van der Waals surface area contributed by atoms with Crippen molar-refractivity contribution >= 4 is 11.9 Å². The Balaban J connectivity index is 2.61. The minimum Gasteiger partial charge on any atom is -0.444 e. The number of terminal acetylenes is 1. The van der Waals surface area contributed by atoms with E-state index in [0.717, 1.165) is 0 Å². The highest BCUT2D eigenvalue weighted by atomic mass is 16.6. The van der Waals surface area contributed by atoms with Gasteiger partial charge in [-0.25, -0.2) is 4.79 Å². The van der Waals surface area contributed by atoms with Crippen LogP contribution in [0.5, 0.6) is 0 Å². The van der Waals surface area contributed by atoms with Crippen LogP contribution in [0, 0.1) is 24.2 Å². The van der Waals surface area contributed by atoms with Crippen LogP contribution >= 0.6 is 0 Å². The molecule has 4 heteroatoms. The number of carbonyl (C=O) groups is 2. The molecule has 0 radical (unpaired) electrons. The highest BCUT2D eigenvalue weighted by Crippen LogP contribution is 2.26. The number of likely N-dealkylation sites (tertiary alicyclic amines) is 1. The maximum atomic E-state index is 11.9. The molecule has 4 nitrogen and oxygen atoms in total. The molecule has 0 bridgehead atoms. The Morgan fingerprint density at radius 3 is 2.50 bits per heavy atom. The monoisotopic (exact) mass is 251 g/mol. The van der Waals surface area contributed by atoms with E-state index < -0.39 is 5.60 Å². The molecule has 0 aromatic carbocycles. The summed E-state index contributed by atoms with van der Waals surface area (Å²) in [6.45, 7) is 8.40. The van der Waals surface area contributed by atoms with Gasteiger partial charge in [0.15, 0.2) is 0 Å². The van der Waals surface area contributed by atoms with Gasteiger partial charge in [0.25, 0.3) is 0 Å². The molecule has 0 saturated carbocycles. The Kier molecular flexibility index (Phi) is 4.39. The molecular weight excluding hydrogens is 230 g/mol. The van der Waals surface area contributed by atoms with Crippen LogP contribution < -0.4 is 0 Å². The maximum Gasteiger partial charge on any atom is 0.410 e. The van der Waals surface area contributed by atoms with E-state index >= 15 is 0 Å². The van der Waals surface area contributed by atoms with Gasteiger partial charge in [0, 0.05) is 19.0 Å². The van der Waals surface area contributed by atoms with Crippen molar-refractivity contribution in [2.75, 3.05) is 13.1 Å². The summed E-state index contributed by atoms with van der Waals surface area (Å²) in [5.41, 5.74) is -0.513. The first kappa shape index (κ1) is 14.6. The highest BCUT2D eigenvalue weighted by Gasteiger charge is 2.37. The number of amides is 1. The van der Waals surface area contributed by atoms with Crippen molar-refractivity contribution in [2.24, 2.45) is 11.8 Å². The molecule has 18 heavy (non-hydrogen) atoms. The lowest BCUT2D eigenvalue weighted by atomic mass is 9.92. The fourth-order valence-electron chi connectivity index (χ4n) is 2.09. The normalized spacial score (nSPS) is 23.6. The summed E-state index contributed by atoms with van der Waals surface area (Å²) < 4.78 is 5.29. The SMILES string of the molecule is C#CCC(=O)C1CN(C(=O)OC(C)(C)C)CC1C. The van der Waals surface area contributed by atoms with Crippen molar-refractivity contribution in [2.45, 2.75) is 39.7 Å². The van der Waals surface area contributed by atoms with Gasteiger partial charge in [-0.3, -0.25) is 4.79 Å². The van der Waals surface area contributed by atoms with E-state index in [1.54, 1.807) is 4.90 Å². The Morgan fingerprint density at radius 1 is 1.39 bits per heavy atom. The lowest BCUT2D eigenvalue weighted by Gasteiger charge is -2.24. The topological polar surface area (TPSA) is 46.6 Å². The third kappa shape index (κ3) is 3.76. The first-order chi connectivity index (χ1) is 8.24. The van der Waals surface area contributed by atoms with Crippen LogP contribution in [-0.4, -0.2) is 35.5 Å². The Labute approximate surface area is 109 Å². The van der Waals surface area contributed by atoms with Gasteiger partial charge in [-0.15, -0.1) is 6.42 Å². The lowest BCUT2D eigenvalue weighted by molar-refractivity contribution is -0.122. The molecule has 0 N–H and O–H groups in total. The van der Waals surface area contributed by atoms with E-state index in [2.05, 4.69) is 5.92 Å². The van der Waals surface area contributed by atoms with Crippen molar-refractivity contribution in [3.05, 3.63) is 0 Å². The zero-order valence-electron chi connectivity index (χ0n) is 11.5. The minimum atomic E-state index is -0.513. The van der Waals surface area contributed by atoms with Crippen LogP contribution in [0.25, 0.3) is 0 Å². The lowest BCUT2D eigenvalue weighted by Crippen LogP contribution is -2.35. The third-order valence-corrected chi connectivity index (χ3v) is 2.95. The standard InChI is InChI=1S/C14H21NO3/c1-6-7-12(16)11-9-15(8-10(11)2)13(17)18-14(3,4)5/h1,10-11H,7-9H2,2-5H3. The molecule has 0 spiro atoms. The van der Waals surface area contributed by atoms with Gasteiger partial charge in [-0.1, -0.05) is 12.8 Å².